The molecule has 0 aromatic carbocycles. The minimum atomic E-state index is 0.225. The highest BCUT2D eigenvalue weighted by Crippen LogP contribution is 2.20. The summed E-state index contributed by atoms with van der Waals surface area (Å²) in [5, 5.41) is 4.48. The van der Waals surface area contributed by atoms with Crippen LogP contribution in [0.1, 0.15) is 12.5 Å². The molecule has 3 heterocycles. The first kappa shape index (κ1) is 10.5. The van der Waals surface area contributed by atoms with Crippen molar-refractivity contribution in [3.8, 4) is 0 Å². The molecule has 5 nitrogen and oxygen atoms in total. The van der Waals surface area contributed by atoms with E-state index >= 15 is 0 Å². The highest BCUT2D eigenvalue weighted by Gasteiger charge is 2.28. The van der Waals surface area contributed by atoms with Gasteiger partial charge in [0.2, 0.25) is 5.95 Å². The number of nitrogens with two attached hydrogens (primary N) is 1. The average Bonchev–Trinajstić information content (AvgIpc) is 2.83. The van der Waals surface area contributed by atoms with Crippen LogP contribution >= 0.6 is 0 Å². The Morgan fingerprint density at radius 2 is 2.24 bits per heavy atom. The summed E-state index contributed by atoms with van der Waals surface area (Å²) in [5.41, 5.74) is 8.11. The number of nitrogens with zero attached hydrogens (tertiary/aromatic N) is 4. The Morgan fingerprint density at radius 3 is 2.94 bits per heavy atom. The zero-order valence-electron chi connectivity index (χ0n) is 10.2. The van der Waals surface area contributed by atoms with Gasteiger partial charge in [-0.25, -0.2) is 4.52 Å². The average molecular weight is 231 g/mol. The van der Waals surface area contributed by atoms with Gasteiger partial charge in [-0.15, -0.1) is 5.10 Å². The Hall–Kier alpha value is -1.62. The number of fused-ring (bicyclic) bond motifs is 1. The molecule has 5 heteroatoms. The van der Waals surface area contributed by atoms with Crippen LogP contribution in [0, 0.1) is 12.8 Å². The quantitative estimate of drug-likeness (QED) is 0.789. The number of rotatable bonds is 1. The molecule has 1 saturated heterocycles. The van der Waals surface area contributed by atoms with E-state index in [0.717, 1.165) is 24.7 Å². The summed E-state index contributed by atoms with van der Waals surface area (Å²) in [6, 6.07) is 4.29. The minimum Gasteiger partial charge on any atom is -0.338 e. The van der Waals surface area contributed by atoms with Crippen LogP contribution < -0.4 is 10.6 Å². The molecule has 2 N–H and O–H groups in total. The highest BCUT2D eigenvalue weighted by atomic mass is 15.4. The second kappa shape index (κ2) is 3.70. The Labute approximate surface area is 100 Å². The Bertz CT molecular complexity index is 537. The van der Waals surface area contributed by atoms with E-state index in [4.69, 9.17) is 5.73 Å². The van der Waals surface area contributed by atoms with Crippen LogP contribution in [0.25, 0.3) is 5.65 Å². The number of aryl methyl sites for hydroxylation is 1. The van der Waals surface area contributed by atoms with Gasteiger partial charge in [0.1, 0.15) is 0 Å². The molecule has 0 spiro atoms. The summed E-state index contributed by atoms with van der Waals surface area (Å²) in [4.78, 5) is 6.71. The van der Waals surface area contributed by atoms with Gasteiger partial charge in [0.25, 0.3) is 0 Å². The smallest absolute Gasteiger partial charge is 0.245 e. The summed E-state index contributed by atoms with van der Waals surface area (Å²) < 4.78 is 1.82. The summed E-state index contributed by atoms with van der Waals surface area (Å²) >= 11 is 0. The fourth-order valence-electron chi connectivity index (χ4n) is 2.26. The molecule has 2 unspecified atom stereocenters. The molecule has 2 aromatic rings. The molecule has 1 aliphatic rings. The summed E-state index contributed by atoms with van der Waals surface area (Å²) in [6.07, 6.45) is 1.95. The molecule has 0 aliphatic carbocycles. The zero-order valence-corrected chi connectivity index (χ0v) is 10.2. The van der Waals surface area contributed by atoms with Crippen molar-refractivity contribution >= 4 is 11.6 Å². The normalized spacial score (nSPS) is 24.8. The maximum absolute atomic E-state index is 6.02. The predicted octanol–water partition coefficient (Wildman–Crippen LogP) is 0.821. The van der Waals surface area contributed by atoms with E-state index in [2.05, 4.69) is 28.8 Å². The second-order valence-electron chi connectivity index (χ2n) is 4.96. The van der Waals surface area contributed by atoms with E-state index in [0.29, 0.717) is 5.92 Å². The van der Waals surface area contributed by atoms with Gasteiger partial charge in [0.05, 0.1) is 0 Å². The second-order valence-corrected chi connectivity index (χ2v) is 4.96. The van der Waals surface area contributed by atoms with Crippen molar-refractivity contribution < 1.29 is 0 Å². The van der Waals surface area contributed by atoms with Crippen LogP contribution in [0.3, 0.4) is 0 Å². The van der Waals surface area contributed by atoms with Crippen molar-refractivity contribution in [1.82, 2.24) is 14.6 Å². The Balaban J connectivity index is 1.96. The first-order valence-electron chi connectivity index (χ1n) is 5.97. The van der Waals surface area contributed by atoms with Crippen molar-refractivity contribution in [2.45, 2.75) is 19.9 Å². The van der Waals surface area contributed by atoms with Crippen molar-refractivity contribution in [1.29, 1.82) is 0 Å². The molecule has 0 bridgehead atoms. The van der Waals surface area contributed by atoms with Gasteiger partial charge in [-0.3, -0.25) is 0 Å². The number of anilines is 1. The minimum absolute atomic E-state index is 0.225. The van der Waals surface area contributed by atoms with Gasteiger partial charge in [-0.2, -0.15) is 4.98 Å². The molecule has 90 valence electrons. The standard InChI is InChI=1S/C12H17N5/c1-8-3-4-17-11(5-8)14-12(15-17)16-6-9(2)10(13)7-16/h3-5,9-10H,6-7,13H2,1-2H3. The molecule has 1 fully saturated rings. The van der Waals surface area contributed by atoms with Crippen LogP contribution in [-0.4, -0.2) is 33.7 Å². The lowest BCUT2D eigenvalue weighted by atomic mass is 10.1. The molecule has 2 aromatic heterocycles. The van der Waals surface area contributed by atoms with Crippen molar-refractivity contribution in [3.05, 3.63) is 23.9 Å². The van der Waals surface area contributed by atoms with Crippen molar-refractivity contribution in [2.24, 2.45) is 11.7 Å². The number of hydrogen-bond acceptors (Lipinski definition) is 4. The van der Waals surface area contributed by atoms with Crippen molar-refractivity contribution in [2.75, 3.05) is 18.0 Å². The number of pyridine rings is 1. The number of hydrogen-bond donors (Lipinski definition) is 1. The fraction of sp³-hybridized carbons (Fsp3) is 0.500. The lowest BCUT2D eigenvalue weighted by Crippen LogP contribution is -2.28. The predicted molar refractivity (Wildman–Crippen MR) is 67.1 cm³/mol. The van der Waals surface area contributed by atoms with Gasteiger partial charge in [0.15, 0.2) is 5.65 Å². The molecular formula is C12H17N5. The third-order valence-corrected chi connectivity index (χ3v) is 3.44. The molecule has 3 rings (SSSR count). The molecule has 17 heavy (non-hydrogen) atoms. The molecular weight excluding hydrogens is 214 g/mol. The van der Waals surface area contributed by atoms with Gasteiger partial charge < -0.3 is 10.6 Å². The molecule has 0 saturated carbocycles. The van der Waals surface area contributed by atoms with Gasteiger partial charge in [-0.05, 0) is 30.5 Å². The lowest BCUT2D eigenvalue weighted by molar-refractivity contribution is 0.566. The van der Waals surface area contributed by atoms with Gasteiger partial charge in [0, 0.05) is 25.3 Å². The summed E-state index contributed by atoms with van der Waals surface area (Å²) in [7, 11) is 0. The van der Waals surface area contributed by atoms with Gasteiger partial charge >= 0.3 is 0 Å². The van der Waals surface area contributed by atoms with E-state index in [-0.39, 0.29) is 6.04 Å². The van der Waals surface area contributed by atoms with E-state index in [1.54, 1.807) is 0 Å². The first-order valence-corrected chi connectivity index (χ1v) is 5.97. The van der Waals surface area contributed by atoms with Crippen LogP contribution in [0.15, 0.2) is 18.3 Å². The largest absolute Gasteiger partial charge is 0.338 e. The lowest BCUT2D eigenvalue weighted by Gasteiger charge is -2.11. The third kappa shape index (κ3) is 1.76. The Morgan fingerprint density at radius 1 is 1.41 bits per heavy atom. The van der Waals surface area contributed by atoms with E-state index < -0.39 is 0 Å². The van der Waals surface area contributed by atoms with E-state index in [1.165, 1.54) is 5.56 Å². The monoisotopic (exact) mass is 231 g/mol. The van der Waals surface area contributed by atoms with Crippen molar-refractivity contribution in [3.63, 3.8) is 0 Å². The maximum Gasteiger partial charge on any atom is 0.245 e. The van der Waals surface area contributed by atoms with Crippen LogP contribution in [0.4, 0.5) is 5.95 Å². The van der Waals surface area contributed by atoms with E-state index in [9.17, 15) is 0 Å². The zero-order chi connectivity index (χ0) is 12.0. The topological polar surface area (TPSA) is 59.5 Å². The summed E-state index contributed by atoms with van der Waals surface area (Å²) in [6.45, 7) is 6.01. The first-order chi connectivity index (χ1) is 8.13. The maximum atomic E-state index is 6.02. The highest BCUT2D eigenvalue weighted by molar-refractivity contribution is 5.47. The third-order valence-electron chi connectivity index (χ3n) is 3.44. The van der Waals surface area contributed by atoms with Crippen LogP contribution in [-0.2, 0) is 0 Å². The molecule has 0 amide bonds. The van der Waals surface area contributed by atoms with Crippen LogP contribution in [0.2, 0.25) is 0 Å². The fourth-order valence-corrected chi connectivity index (χ4v) is 2.26. The SMILES string of the molecule is Cc1ccn2nc(N3CC(C)C(N)C3)nc2c1. The van der Waals surface area contributed by atoms with Crippen LogP contribution in [0.5, 0.6) is 0 Å². The van der Waals surface area contributed by atoms with E-state index in [1.807, 2.05) is 22.8 Å². The van der Waals surface area contributed by atoms with Gasteiger partial charge in [-0.1, -0.05) is 6.92 Å². The summed E-state index contributed by atoms with van der Waals surface area (Å²) in [5.74, 6) is 1.29. The number of aromatic nitrogens is 3. The molecule has 2 atom stereocenters. The Kier molecular flexibility index (Phi) is 2.29. The molecule has 1 aliphatic heterocycles. The molecule has 0 radical (unpaired) electrons.